The van der Waals surface area contributed by atoms with Crippen molar-refractivity contribution >= 4 is 0 Å². The summed E-state index contributed by atoms with van der Waals surface area (Å²) in [5.41, 5.74) is 5.60. The van der Waals surface area contributed by atoms with Crippen molar-refractivity contribution in [3.8, 4) is 0 Å². The third-order valence-corrected chi connectivity index (χ3v) is 4.98. The largest absolute Gasteiger partial charge is 0.0988 e. The molecule has 1 aliphatic carbocycles. The van der Waals surface area contributed by atoms with Crippen LogP contribution >= 0.6 is 0 Å². The molecule has 0 heterocycles. The number of allylic oxidation sites excluding steroid dienone is 9. The molecular weight excluding hydrogens is 312 g/mol. The summed E-state index contributed by atoms with van der Waals surface area (Å²) in [4.78, 5) is 0. The zero-order valence-corrected chi connectivity index (χ0v) is 18.8. The number of hydrogen-bond acceptors (Lipinski definition) is 0. The van der Waals surface area contributed by atoms with E-state index in [0.717, 1.165) is 25.7 Å². The molecule has 0 nitrogen and oxygen atoms in total. The van der Waals surface area contributed by atoms with Crippen molar-refractivity contribution in [3.63, 3.8) is 0 Å². The Morgan fingerprint density at radius 3 is 1.69 bits per heavy atom. The van der Waals surface area contributed by atoms with Crippen LogP contribution in [0.25, 0.3) is 0 Å². The van der Waals surface area contributed by atoms with Gasteiger partial charge >= 0.3 is 0 Å². The summed E-state index contributed by atoms with van der Waals surface area (Å²) in [5.74, 6) is 0. The molecule has 0 radical (unpaired) electrons. The fourth-order valence-corrected chi connectivity index (χ4v) is 3.79. The highest BCUT2D eigenvalue weighted by Crippen LogP contribution is 2.50. The summed E-state index contributed by atoms with van der Waals surface area (Å²) in [6.45, 7) is 26.9. The van der Waals surface area contributed by atoms with Gasteiger partial charge in [0.1, 0.15) is 0 Å². The first kappa shape index (κ1) is 26.7. The molecule has 1 aliphatic rings. The first-order valence-electron chi connectivity index (χ1n) is 10.6. The second-order valence-electron chi connectivity index (χ2n) is 6.03. The third-order valence-electron chi connectivity index (χ3n) is 4.98. The van der Waals surface area contributed by atoms with E-state index < -0.39 is 0 Å². The van der Waals surface area contributed by atoms with Crippen LogP contribution < -0.4 is 0 Å². The lowest BCUT2D eigenvalue weighted by molar-refractivity contribution is 0.379. The van der Waals surface area contributed by atoms with E-state index in [1.165, 1.54) is 35.1 Å². The summed E-state index contributed by atoms with van der Waals surface area (Å²) < 4.78 is 0. The Bertz CT molecular complexity index is 510. The second-order valence-corrected chi connectivity index (χ2v) is 6.03. The molecule has 0 N–H and O–H groups in total. The van der Waals surface area contributed by atoms with E-state index in [4.69, 9.17) is 0 Å². The molecule has 0 aromatic heterocycles. The Kier molecular flexibility index (Phi) is 16.1. The van der Waals surface area contributed by atoms with Crippen molar-refractivity contribution in [2.45, 2.75) is 87.0 Å². The molecule has 0 fully saturated rings. The molecule has 1 rings (SSSR count). The molecule has 0 saturated heterocycles. The lowest BCUT2D eigenvalue weighted by Gasteiger charge is -2.37. The Morgan fingerprint density at radius 1 is 0.846 bits per heavy atom. The zero-order chi connectivity index (χ0) is 20.6. The van der Waals surface area contributed by atoms with Crippen molar-refractivity contribution < 1.29 is 0 Å². The van der Waals surface area contributed by atoms with Crippen LogP contribution in [0, 0.1) is 5.41 Å². The molecular formula is C26H44. The van der Waals surface area contributed by atoms with Crippen molar-refractivity contribution in [1.29, 1.82) is 0 Å². The zero-order valence-electron chi connectivity index (χ0n) is 18.8. The number of hydrogen-bond donors (Lipinski definition) is 0. The third kappa shape index (κ3) is 6.31. The Hall–Kier alpha value is -1.56. The predicted molar refractivity (Wildman–Crippen MR) is 124 cm³/mol. The normalized spacial score (nSPS) is 19.8. The first-order chi connectivity index (χ1) is 12.6. The minimum Gasteiger partial charge on any atom is -0.0988 e. The fraction of sp³-hybridized carbons (Fsp3) is 0.538. The van der Waals surface area contributed by atoms with E-state index in [1.807, 2.05) is 33.8 Å². The van der Waals surface area contributed by atoms with Crippen molar-refractivity contribution in [2.24, 2.45) is 5.41 Å². The van der Waals surface area contributed by atoms with E-state index in [1.54, 1.807) is 0 Å². The minimum absolute atomic E-state index is 0.0494. The Morgan fingerprint density at radius 2 is 1.35 bits per heavy atom. The molecule has 148 valence electrons. The molecule has 0 aromatic carbocycles. The smallest absolute Gasteiger partial charge is 0.0205 e. The van der Waals surface area contributed by atoms with Crippen LogP contribution in [0.5, 0.6) is 0 Å². The Labute approximate surface area is 165 Å². The minimum atomic E-state index is 0.0494. The van der Waals surface area contributed by atoms with Gasteiger partial charge < -0.3 is 0 Å². The van der Waals surface area contributed by atoms with Gasteiger partial charge in [-0.25, -0.2) is 0 Å². The van der Waals surface area contributed by atoms with E-state index in [9.17, 15) is 0 Å². The van der Waals surface area contributed by atoms with Crippen molar-refractivity contribution in [2.75, 3.05) is 0 Å². The van der Waals surface area contributed by atoms with Gasteiger partial charge in [-0.1, -0.05) is 105 Å². The van der Waals surface area contributed by atoms with Gasteiger partial charge in [-0.15, -0.1) is 0 Å². The monoisotopic (exact) mass is 356 g/mol. The van der Waals surface area contributed by atoms with Gasteiger partial charge in [0.05, 0.1) is 0 Å². The number of rotatable bonds is 8. The van der Waals surface area contributed by atoms with E-state index >= 15 is 0 Å². The molecule has 0 aliphatic heterocycles. The van der Waals surface area contributed by atoms with E-state index in [0.29, 0.717) is 0 Å². The molecule has 0 spiro atoms. The predicted octanol–water partition coefficient (Wildman–Crippen LogP) is 9.15. The summed E-state index contributed by atoms with van der Waals surface area (Å²) in [5, 5.41) is 0. The van der Waals surface area contributed by atoms with Crippen LogP contribution in [0.4, 0.5) is 0 Å². The highest BCUT2D eigenvalue weighted by atomic mass is 14.4. The van der Waals surface area contributed by atoms with Crippen LogP contribution in [-0.4, -0.2) is 0 Å². The maximum atomic E-state index is 4.14. The summed E-state index contributed by atoms with van der Waals surface area (Å²) in [6, 6.07) is 0. The molecule has 0 amide bonds. The molecule has 0 saturated carbocycles. The topological polar surface area (TPSA) is 0 Å². The molecule has 0 aromatic rings. The van der Waals surface area contributed by atoms with Gasteiger partial charge in [0, 0.05) is 5.41 Å². The van der Waals surface area contributed by atoms with Crippen LogP contribution in [0.15, 0.2) is 72.4 Å². The molecule has 0 heteroatoms. The first-order valence-corrected chi connectivity index (χ1v) is 10.6. The van der Waals surface area contributed by atoms with Crippen LogP contribution in [0.3, 0.4) is 0 Å². The SMILES string of the molecule is C=CC1=C(C=C)C(CC)(CCCC)C(/C=C\C)=C(C=C)CC1.CC.CC. The average molecular weight is 357 g/mol. The summed E-state index contributed by atoms with van der Waals surface area (Å²) in [6.07, 6.45) is 17.4. The maximum Gasteiger partial charge on any atom is 0.0205 e. The highest BCUT2D eigenvalue weighted by Gasteiger charge is 2.37. The maximum absolute atomic E-state index is 4.14. The van der Waals surface area contributed by atoms with E-state index in [-0.39, 0.29) is 5.41 Å². The van der Waals surface area contributed by atoms with Gasteiger partial charge in [-0.05, 0) is 54.9 Å². The van der Waals surface area contributed by atoms with Crippen LogP contribution in [0.2, 0.25) is 0 Å². The van der Waals surface area contributed by atoms with Crippen LogP contribution in [0.1, 0.15) is 87.0 Å². The fourth-order valence-electron chi connectivity index (χ4n) is 3.79. The summed E-state index contributed by atoms with van der Waals surface area (Å²) >= 11 is 0. The summed E-state index contributed by atoms with van der Waals surface area (Å²) in [7, 11) is 0. The van der Waals surface area contributed by atoms with Gasteiger partial charge in [0.15, 0.2) is 0 Å². The average Bonchev–Trinajstić information content (AvgIpc) is 2.84. The molecule has 1 atom stereocenters. The van der Waals surface area contributed by atoms with Gasteiger partial charge in [-0.3, -0.25) is 0 Å². The van der Waals surface area contributed by atoms with E-state index in [2.05, 4.69) is 64.8 Å². The number of unbranched alkanes of at least 4 members (excludes halogenated alkanes) is 1. The van der Waals surface area contributed by atoms with Crippen molar-refractivity contribution in [3.05, 3.63) is 72.4 Å². The van der Waals surface area contributed by atoms with Gasteiger partial charge in [0.25, 0.3) is 0 Å². The lowest BCUT2D eigenvalue weighted by atomic mass is 9.66. The molecule has 26 heavy (non-hydrogen) atoms. The van der Waals surface area contributed by atoms with Gasteiger partial charge in [-0.2, -0.15) is 0 Å². The quantitative estimate of drug-likeness (QED) is 0.406. The van der Waals surface area contributed by atoms with Gasteiger partial charge in [0.2, 0.25) is 0 Å². The highest BCUT2D eigenvalue weighted by molar-refractivity contribution is 5.52. The molecule has 1 unspecified atom stereocenters. The van der Waals surface area contributed by atoms with Crippen molar-refractivity contribution in [1.82, 2.24) is 0 Å². The molecule has 0 bridgehead atoms. The van der Waals surface area contributed by atoms with Crippen LogP contribution in [-0.2, 0) is 0 Å². The Balaban J connectivity index is 0. The lowest BCUT2D eigenvalue weighted by Crippen LogP contribution is -2.25. The second kappa shape index (κ2) is 15.7. The standard InChI is InChI=1S/C22H32.2C2H6/c1-7-13-17-22(12-6)20(11-5)18(9-3)15-16-19(10-4)21(22)14-8-2;2*1-2/h8-11,14H,3-5,7,12-13,15-17H2,1-2,6H3;2*1-2H3/b14-8-;;.